The van der Waals surface area contributed by atoms with Crippen LogP contribution in [0.2, 0.25) is 0 Å². The lowest BCUT2D eigenvalue weighted by atomic mass is 9.58. The normalized spacial score (nSPS) is 22.8. The average Bonchev–Trinajstić information content (AvgIpc) is 3.33. The van der Waals surface area contributed by atoms with Gasteiger partial charge in [-0.15, -0.1) is 0 Å². The Balaban J connectivity index is 1.55. The summed E-state index contributed by atoms with van der Waals surface area (Å²) in [7, 11) is 0. The van der Waals surface area contributed by atoms with Crippen molar-refractivity contribution in [3.63, 3.8) is 0 Å². The highest BCUT2D eigenvalue weighted by Crippen LogP contribution is 2.51. The minimum Gasteiger partial charge on any atom is -0.293 e. The molecule has 0 aliphatic heterocycles. The van der Waals surface area contributed by atoms with Crippen molar-refractivity contribution < 1.29 is 4.79 Å². The molecule has 0 amide bonds. The van der Waals surface area contributed by atoms with Crippen LogP contribution in [0.4, 0.5) is 0 Å². The maximum atomic E-state index is 12.8. The second-order valence-corrected chi connectivity index (χ2v) is 9.85. The monoisotopic (exact) mass is 471 g/mol. The van der Waals surface area contributed by atoms with Crippen LogP contribution in [0.1, 0.15) is 31.5 Å². The van der Waals surface area contributed by atoms with E-state index in [0.29, 0.717) is 0 Å². The van der Waals surface area contributed by atoms with Gasteiger partial charge in [0, 0.05) is 23.1 Å². The predicted molar refractivity (Wildman–Crippen MR) is 137 cm³/mol. The third-order valence-corrected chi connectivity index (χ3v) is 7.86. The quantitative estimate of drug-likeness (QED) is 0.395. The van der Waals surface area contributed by atoms with Crippen LogP contribution in [0.3, 0.4) is 0 Å². The van der Waals surface area contributed by atoms with Crippen molar-refractivity contribution in [1.29, 1.82) is 5.26 Å². The number of nitrogens with zero attached hydrogens (tertiary/aromatic N) is 5. The summed E-state index contributed by atoms with van der Waals surface area (Å²) in [4.78, 5) is 21.5. The molecule has 0 bridgehead atoms. The van der Waals surface area contributed by atoms with E-state index in [4.69, 9.17) is 5.10 Å². The van der Waals surface area contributed by atoms with Crippen molar-refractivity contribution in [2.75, 3.05) is 0 Å². The van der Waals surface area contributed by atoms with E-state index < -0.39 is 5.41 Å². The van der Waals surface area contributed by atoms with Crippen LogP contribution in [0.25, 0.3) is 28.2 Å². The Hall–Kier alpha value is -4.37. The van der Waals surface area contributed by atoms with Gasteiger partial charge in [0.25, 0.3) is 0 Å². The van der Waals surface area contributed by atoms with Gasteiger partial charge in [0.1, 0.15) is 12.4 Å². The summed E-state index contributed by atoms with van der Waals surface area (Å²) in [5, 5.41) is 14.9. The molecular formula is C30H25N5O. The number of Topliss-reactive ketones (excluding diaryl/α,β-unsaturated/α-hetero) is 1. The third-order valence-electron chi connectivity index (χ3n) is 7.86. The lowest BCUT2D eigenvalue weighted by molar-refractivity contribution is -0.121. The Morgan fingerprint density at radius 1 is 1.06 bits per heavy atom. The molecule has 4 aromatic rings. The van der Waals surface area contributed by atoms with Crippen molar-refractivity contribution in [3.05, 3.63) is 96.1 Å². The molecule has 6 nitrogen and oxygen atoms in total. The molecule has 0 unspecified atom stereocenters. The molecule has 6 heteroatoms. The molecule has 0 saturated heterocycles. The molecule has 2 aliphatic rings. The summed E-state index contributed by atoms with van der Waals surface area (Å²) in [5.74, 6) is -0.187. The summed E-state index contributed by atoms with van der Waals surface area (Å²) in [6.45, 7) is 4.07. The van der Waals surface area contributed by atoms with Crippen LogP contribution >= 0.6 is 0 Å². The number of carbonyl (C=O) groups is 1. The average molecular weight is 472 g/mol. The van der Waals surface area contributed by atoms with Gasteiger partial charge >= 0.3 is 0 Å². The first-order chi connectivity index (χ1) is 17.5. The number of hydrogen-bond donors (Lipinski definition) is 0. The van der Waals surface area contributed by atoms with Crippen molar-refractivity contribution in [3.8, 4) is 34.3 Å². The van der Waals surface area contributed by atoms with Gasteiger partial charge in [-0.3, -0.25) is 4.79 Å². The minimum absolute atomic E-state index is 0.0598. The van der Waals surface area contributed by atoms with E-state index in [2.05, 4.69) is 59.4 Å². The van der Waals surface area contributed by atoms with Gasteiger partial charge in [-0.25, -0.2) is 14.6 Å². The third kappa shape index (κ3) is 3.31. The zero-order valence-corrected chi connectivity index (χ0v) is 20.2. The molecular weight excluding hydrogens is 446 g/mol. The summed E-state index contributed by atoms with van der Waals surface area (Å²) < 4.78 is 1.97. The van der Waals surface area contributed by atoms with Crippen molar-refractivity contribution in [2.45, 2.75) is 32.1 Å². The first kappa shape index (κ1) is 22.1. The molecule has 0 N–H and O–H groups in total. The Morgan fingerprint density at radius 2 is 1.81 bits per heavy atom. The number of fused-ring (bicyclic) bond motifs is 3. The smallest absolute Gasteiger partial charge is 0.176 e. The number of aromatic nitrogens is 4. The van der Waals surface area contributed by atoms with Crippen molar-refractivity contribution in [1.82, 2.24) is 19.7 Å². The summed E-state index contributed by atoms with van der Waals surface area (Å²) in [6.07, 6.45) is 6.80. The highest BCUT2D eigenvalue weighted by Gasteiger charge is 2.50. The fourth-order valence-corrected chi connectivity index (χ4v) is 6.03. The Labute approximate surface area is 210 Å². The zero-order valence-electron chi connectivity index (χ0n) is 20.2. The summed E-state index contributed by atoms with van der Waals surface area (Å²) >= 11 is 0. The van der Waals surface area contributed by atoms with E-state index in [9.17, 15) is 10.1 Å². The lowest BCUT2D eigenvalue weighted by Gasteiger charge is -2.44. The Bertz CT molecular complexity index is 1530. The minimum atomic E-state index is -0.511. The van der Waals surface area contributed by atoms with E-state index in [-0.39, 0.29) is 23.2 Å². The molecule has 0 spiro atoms. The Kier molecular flexibility index (Phi) is 5.15. The highest BCUT2D eigenvalue weighted by atomic mass is 16.1. The molecule has 0 saturated carbocycles. The highest BCUT2D eigenvalue weighted by molar-refractivity contribution is 6.02. The molecule has 0 radical (unpaired) electrons. The number of carbonyl (C=O) groups excluding carboxylic acids is 1. The summed E-state index contributed by atoms with van der Waals surface area (Å²) in [6, 6.07) is 22.7. The SMILES string of the molecule is C[C@H]1C(=O)C(C#N)=C[C@@]2(C)c3nn(-c4ccc(-c5ccccc5)cc4)c(-c4ccncn4)c3CC[C@H]12. The van der Waals surface area contributed by atoms with Gasteiger partial charge in [0.2, 0.25) is 0 Å². The first-order valence-electron chi connectivity index (χ1n) is 12.2. The second-order valence-electron chi connectivity index (χ2n) is 9.85. The second kappa shape index (κ2) is 8.39. The van der Waals surface area contributed by atoms with E-state index in [1.54, 1.807) is 12.5 Å². The number of benzene rings is 2. The fourth-order valence-electron chi connectivity index (χ4n) is 6.03. The number of nitriles is 1. The molecule has 2 aromatic heterocycles. The van der Waals surface area contributed by atoms with E-state index in [0.717, 1.165) is 52.3 Å². The molecule has 6 rings (SSSR count). The molecule has 2 heterocycles. The molecule has 3 atom stereocenters. The van der Waals surface area contributed by atoms with Gasteiger partial charge in [-0.05, 0) is 48.1 Å². The van der Waals surface area contributed by atoms with Crippen molar-refractivity contribution >= 4 is 5.78 Å². The first-order valence-corrected chi connectivity index (χ1v) is 12.2. The van der Waals surface area contributed by atoms with Gasteiger partial charge < -0.3 is 0 Å². The van der Waals surface area contributed by atoms with E-state index in [1.807, 2.05) is 41.9 Å². The summed E-state index contributed by atoms with van der Waals surface area (Å²) in [5.41, 5.74) is 6.73. The maximum absolute atomic E-state index is 12.8. The van der Waals surface area contributed by atoms with Gasteiger partial charge in [0.05, 0.1) is 28.3 Å². The van der Waals surface area contributed by atoms with Gasteiger partial charge in [-0.1, -0.05) is 62.4 Å². The van der Waals surface area contributed by atoms with Crippen LogP contribution < -0.4 is 0 Å². The number of allylic oxidation sites excluding steroid dienone is 2. The lowest BCUT2D eigenvalue weighted by Crippen LogP contribution is -2.45. The van der Waals surface area contributed by atoms with E-state index >= 15 is 0 Å². The molecule has 176 valence electrons. The van der Waals surface area contributed by atoms with Crippen LogP contribution in [-0.4, -0.2) is 25.5 Å². The van der Waals surface area contributed by atoms with Gasteiger partial charge in [-0.2, -0.15) is 10.4 Å². The predicted octanol–water partition coefficient (Wildman–Crippen LogP) is 5.49. The molecule has 0 fully saturated rings. The zero-order chi connectivity index (χ0) is 24.9. The maximum Gasteiger partial charge on any atom is 0.176 e. The topological polar surface area (TPSA) is 84.5 Å². The number of ketones is 1. The fraction of sp³-hybridized carbons (Fsp3) is 0.233. The largest absolute Gasteiger partial charge is 0.293 e. The van der Waals surface area contributed by atoms with Gasteiger partial charge in [0.15, 0.2) is 5.78 Å². The Morgan fingerprint density at radius 3 is 2.50 bits per heavy atom. The van der Waals surface area contributed by atoms with Crippen LogP contribution in [0.5, 0.6) is 0 Å². The molecule has 2 aliphatic carbocycles. The van der Waals surface area contributed by atoms with Crippen molar-refractivity contribution in [2.24, 2.45) is 11.8 Å². The molecule has 2 aromatic carbocycles. The van der Waals surface area contributed by atoms with Crippen LogP contribution in [-0.2, 0) is 16.6 Å². The van der Waals surface area contributed by atoms with Crippen LogP contribution in [0.15, 0.2) is 84.8 Å². The van der Waals surface area contributed by atoms with Crippen LogP contribution in [0, 0.1) is 23.2 Å². The number of rotatable bonds is 3. The number of hydrogen-bond acceptors (Lipinski definition) is 5. The molecule has 36 heavy (non-hydrogen) atoms. The standard InChI is InChI=1S/C30H25N5O/c1-19-25-13-12-24-27(26-14-15-32-18-33-26)35(34-29(24)30(25,2)16-22(17-31)28(19)36)23-10-8-21(9-11-23)20-6-4-3-5-7-20/h3-11,14-16,18-19,25H,12-13H2,1-2H3/t19-,25-,30-/m1/s1. The van der Waals surface area contributed by atoms with E-state index in [1.165, 1.54) is 0 Å².